The molecule has 0 aliphatic heterocycles. The van der Waals surface area contributed by atoms with Gasteiger partial charge in [-0.1, -0.05) is 32.9 Å². The van der Waals surface area contributed by atoms with E-state index in [1.54, 1.807) is 0 Å². The Balaban J connectivity index is 2.06. The molecule has 0 bridgehead atoms. The molecule has 0 aliphatic rings. The molecule has 1 amide bonds. The molecule has 0 spiro atoms. The SMILES string of the molecule is CCOc1cc2ncc(C(N)=O)c(Nc3cccc(CNC(CO)CC(C)C)c3CC)c2cc1OCC. The van der Waals surface area contributed by atoms with Gasteiger partial charge in [0.2, 0.25) is 0 Å². The molecule has 8 nitrogen and oxygen atoms in total. The van der Waals surface area contributed by atoms with E-state index in [4.69, 9.17) is 15.2 Å². The van der Waals surface area contributed by atoms with Gasteiger partial charge in [0.1, 0.15) is 0 Å². The summed E-state index contributed by atoms with van der Waals surface area (Å²) >= 11 is 0. The van der Waals surface area contributed by atoms with E-state index in [0.717, 1.165) is 29.7 Å². The second-order valence-corrected chi connectivity index (χ2v) is 9.40. The van der Waals surface area contributed by atoms with E-state index in [1.165, 1.54) is 6.20 Å². The first kappa shape index (κ1) is 28.2. The number of amides is 1. The number of aliphatic hydroxyl groups excluding tert-OH is 1. The number of aromatic nitrogens is 1. The van der Waals surface area contributed by atoms with Crippen LogP contribution in [-0.2, 0) is 13.0 Å². The van der Waals surface area contributed by atoms with Gasteiger partial charge in [-0.05, 0) is 55.9 Å². The smallest absolute Gasteiger partial charge is 0.252 e. The molecule has 8 heteroatoms. The van der Waals surface area contributed by atoms with Gasteiger partial charge in [0.15, 0.2) is 11.5 Å². The molecule has 0 saturated heterocycles. The molecule has 5 N–H and O–H groups in total. The maximum absolute atomic E-state index is 12.4. The van der Waals surface area contributed by atoms with Crippen molar-refractivity contribution in [2.45, 2.75) is 60.0 Å². The van der Waals surface area contributed by atoms with Crippen LogP contribution in [0, 0.1) is 5.92 Å². The number of hydrogen-bond donors (Lipinski definition) is 4. The number of aliphatic hydroxyl groups is 1. The van der Waals surface area contributed by atoms with Crippen molar-refractivity contribution in [2.75, 3.05) is 25.1 Å². The van der Waals surface area contributed by atoms with E-state index in [1.807, 2.05) is 38.1 Å². The number of ether oxygens (including phenoxy) is 2. The quantitative estimate of drug-likeness (QED) is 0.244. The zero-order valence-electron chi connectivity index (χ0n) is 22.6. The van der Waals surface area contributed by atoms with Gasteiger partial charge in [0.25, 0.3) is 5.91 Å². The number of benzene rings is 2. The molecule has 2 aromatic carbocycles. The lowest BCUT2D eigenvalue weighted by Gasteiger charge is -2.22. The van der Waals surface area contributed by atoms with Gasteiger partial charge in [-0.2, -0.15) is 0 Å². The molecule has 1 atom stereocenters. The Kier molecular flexibility index (Phi) is 10.1. The molecule has 0 saturated carbocycles. The average molecular weight is 509 g/mol. The highest BCUT2D eigenvalue weighted by molar-refractivity contribution is 6.08. The monoisotopic (exact) mass is 508 g/mol. The summed E-state index contributed by atoms with van der Waals surface area (Å²) in [5.74, 6) is 1.10. The average Bonchev–Trinajstić information content (AvgIpc) is 2.87. The van der Waals surface area contributed by atoms with Crippen molar-refractivity contribution in [1.29, 1.82) is 0 Å². The number of pyridine rings is 1. The van der Waals surface area contributed by atoms with Crippen molar-refractivity contribution in [1.82, 2.24) is 10.3 Å². The number of hydrogen-bond acceptors (Lipinski definition) is 7. The van der Waals surface area contributed by atoms with E-state index in [9.17, 15) is 9.90 Å². The maximum Gasteiger partial charge on any atom is 0.252 e. The molecule has 0 aliphatic carbocycles. The van der Waals surface area contributed by atoms with E-state index < -0.39 is 5.91 Å². The minimum atomic E-state index is -0.570. The van der Waals surface area contributed by atoms with Crippen molar-refractivity contribution in [2.24, 2.45) is 11.7 Å². The third-order valence-electron chi connectivity index (χ3n) is 6.24. The van der Waals surface area contributed by atoms with Crippen LogP contribution in [0.15, 0.2) is 36.5 Å². The topological polar surface area (TPSA) is 119 Å². The van der Waals surface area contributed by atoms with Crippen LogP contribution < -0.4 is 25.8 Å². The first-order valence-electron chi connectivity index (χ1n) is 13.1. The Morgan fingerprint density at radius 1 is 1.11 bits per heavy atom. The number of anilines is 2. The van der Waals surface area contributed by atoms with Crippen molar-refractivity contribution >= 4 is 28.2 Å². The lowest BCUT2D eigenvalue weighted by Crippen LogP contribution is -2.33. The van der Waals surface area contributed by atoms with Crippen LogP contribution >= 0.6 is 0 Å². The van der Waals surface area contributed by atoms with Gasteiger partial charge in [0, 0.05) is 35.9 Å². The van der Waals surface area contributed by atoms with Crippen LogP contribution in [0.25, 0.3) is 10.9 Å². The van der Waals surface area contributed by atoms with Crippen LogP contribution in [0.3, 0.4) is 0 Å². The van der Waals surface area contributed by atoms with Crippen LogP contribution in [0.5, 0.6) is 11.5 Å². The lowest BCUT2D eigenvalue weighted by molar-refractivity contribution is 0.100. The standard InChI is InChI=1S/C29H40N4O4/c1-6-21-19(15-31-20(17-34)12-18(4)5)10-9-11-24(21)33-28-22-13-26(36-7-2)27(37-8-3)14-25(22)32-16-23(28)29(30)35/h9-11,13-14,16,18,20,31,34H,6-8,12,15,17H2,1-5H3,(H2,30,35)(H,32,33). The summed E-state index contributed by atoms with van der Waals surface area (Å²) < 4.78 is 11.6. The van der Waals surface area contributed by atoms with Crippen LogP contribution in [0.2, 0.25) is 0 Å². The second kappa shape index (κ2) is 13.3. The molecule has 37 heavy (non-hydrogen) atoms. The molecule has 1 heterocycles. The maximum atomic E-state index is 12.4. The fourth-order valence-electron chi connectivity index (χ4n) is 4.57. The number of fused-ring (bicyclic) bond motifs is 1. The van der Waals surface area contributed by atoms with E-state index in [0.29, 0.717) is 59.3 Å². The molecular weight excluding hydrogens is 468 g/mol. The van der Waals surface area contributed by atoms with Crippen LogP contribution in [0.4, 0.5) is 11.4 Å². The van der Waals surface area contributed by atoms with Gasteiger partial charge >= 0.3 is 0 Å². The van der Waals surface area contributed by atoms with E-state index in [2.05, 4.69) is 42.5 Å². The highest BCUT2D eigenvalue weighted by atomic mass is 16.5. The van der Waals surface area contributed by atoms with Crippen molar-refractivity contribution in [3.63, 3.8) is 0 Å². The largest absolute Gasteiger partial charge is 0.490 e. The summed E-state index contributed by atoms with van der Waals surface area (Å²) in [6, 6.07) is 9.77. The van der Waals surface area contributed by atoms with Gasteiger partial charge in [0.05, 0.1) is 36.6 Å². The number of carbonyl (C=O) groups is 1. The highest BCUT2D eigenvalue weighted by Gasteiger charge is 2.19. The Morgan fingerprint density at radius 2 is 1.81 bits per heavy atom. The molecule has 0 radical (unpaired) electrons. The number of nitrogens with two attached hydrogens (primary N) is 1. The summed E-state index contributed by atoms with van der Waals surface area (Å²) in [5.41, 5.74) is 10.4. The number of nitrogens with zero attached hydrogens (tertiary/aromatic N) is 1. The lowest BCUT2D eigenvalue weighted by atomic mass is 10.00. The van der Waals surface area contributed by atoms with Crippen LogP contribution in [-0.4, -0.2) is 41.9 Å². The number of nitrogens with one attached hydrogen (secondary N) is 2. The summed E-state index contributed by atoms with van der Waals surface area (Å²) in [7, 11) is 0. The number of rotatable bonds is 14. The molecule has 3 rings (SSSR count). The Hall–Kier alpha value is -3.36. The fourth-order valence-corrected chi connectivity index (χ4v) is 4.57. The number of primary amides is 1. The Morgan fingerprint density at radius 3 is 2.41 bits per heavy atom. The summed E-state index contributed by atoms with van der Waals surface area (Å²) in [4.78, 5) is 16.9. The summed E-state index contributed by atoms with van der Waals surface area (Å²) in [6.45, 7) is 11.9. The minimum absolute atomic E-state index is 0.0310. The summed E-state index contributed by atoms with van der Waals surface area (Å²) in [6.07, 6.45) is 3.17. The molecular formula is C29H40N4O4. The van der Waals surface area contributed by atoms with Crippen molar-refractivity contribution in [3.05, 3.63) is 53.2 Å². The molecule has 0 fully saturated rings. The van der Waals surface area contributed by atoms with Crippen molar-refractivity contribution in [3.8, 4) is 11.5 Å². The first-order valence-corrected chi connectivity index (χ1v) is 13.1. The molecule has 1 aromatic heterocycles. The summed E-state index contributed by atoms with van der Waals surface area (Å²) in [5, 5.41) is 17.5. The van der Waals surface area contributed by atoms with Crippen LogP contribution in [0.1, 0.15) is 62.5 Å². The van der Waals surface area contributed by atoms with Crippen molar-refractivity contribution < 1.29 is 19.4 Å². The molecule has 3 aromatic rings. The van der Waals surface area contributed by atoms with Gasteiger partial charge < -0.3 is 30.9 Å². The zero-order valence-corrected chi connectivity index (χ0v) is 22.6. The normalized spacial score (nSPS) is 12.1. The van der Waals surface area contributed by atoms with Gasteiger partial charge in [-0.3, -0.25) is 9.78 Å². The third-order valence-corrected chi connectivity index (χ3v) is 6.24. The second-order valence-electron chi connectivity index (χ2n) is 9.40. The molecule has 200 valence electrons. The van der Waals surface area contributed by atoms with Gasteiger partial charge in [-0.15, -0.1) is 0 Å². The predicted molar refractivity (Wildman–Crippen MR) is 149 cm³/mol. The Labute approximate surface area is 219 Å². The predicted octanol–water partition coefficient (Wildman–Crippen LogP) is 4.93. The fraction of sp³-hybridized carbons (Fsp3) is 0.448. The van der Waals surface area contributed by atoms with Gasteiger partial charge in [-0.25, -0.2) is 0 Å². The molecule has 1 unspecified atom stereocenters. The Bertz CT molecular complexity index is 1210. The zero-order chi connectivity index (χ0) is 26.9. The van der Waals surface area contributed by atoms with E-state index >= 15 is 0 Å². The minimum Gasteiger partial charge on any atom is -0.490 e. The third kappa shape index (κ3) is 6.90. The highest BCUT2D eigenvalue weighted by Crippen LogP contribution is 2.38. The number of carbonyl (C=O) groups excluding carboxylic acids is 1. The van der Waals surface area contributed by atoms with E-state index in [-0.39, 0.29) is 12.6 Å². The first-order chi connectivity index (χ1) is 17.8.